The van der Waals surface area contributed by atoms with E-state index >= 15 is 0 Å². The number of hydrogen-bond acceptors (Lipinski definition) is 1. The van der Waals surface area contributed by atoms with Gasteiger partial charge in [0.1, 0.15) is 0 Å². The smallest absolute Gasteiger partial charge is 0.0412 e. The molecular formula is C14H12ClN. The Morgan fingerprint density at radius 1 is 1.00 bits per heavy atom. The van der Waals surface area contributed by atoms with E-state index in [1.807, 2.05) is 18.2 Å². The first-order valence-electron chi connectivity index (χ1n) is 5.46. The topological polar surface area (TPSA) is 12.0 Å². The van der Waals surface area contributed by atoms with Crippen molar-refractivity contribution in [3.05, 3.63) is 53.1 Å². The van der Waals surface area contributed by atoms with Crippen molar-refractivity contribution in [3.63, 3.8) is 0 Å². The molecule has 0 aliphatic carbocycles. The van der Waals surface area contributed by atoms with Gasteiger partial charge in [-0.25, -0.2) is 0 Å². The summed E-state index contributed by atoms with van der Waals surface area (Å²) in [7, 11) is 0. The molecule has 0 saturated carbocycles. The summed E-state index contributed by atoms with van der Waals surface area (Å²) in [5.74, 6) is 0. The van der Waals surface area contributed by atoms with Crippen molar-refractivity contribution in [2.24, 2.45) is 0 Å². The van der Waals surface area contributed by atoms with Crippen LogP contribution in [0.5, 0.6) is 0 Å². The molecular weight excluding hydrogens is 218 g/mol. The molecule has 0 spiro atoms. The highest BCUT2D eigenvalue weighted by Crippen LogP contribution is 2.29. The van der Waals surface area contributed by atoms with Crippen molar-refractivity contribution in [2.45, 2.75) is 6.42 Å². The van der Waals surface area contributed by atoms with E-state index in [4.69, 9.17) is 11.6 Å². The zero-order chi connectivity index (χ0) is 11.0. The van der Waals surface area contributed by atoms with Crippen LogP contribution < -0.4 is 5.32 Å². The lowest BCUT2D eigenvalue weighted by Crippen LogP contribution is -1.91. The van der Waals surface area contributed by atoms with Crippen molar-refractivity contribution >= 4 is 17.3 Å². The van der Waals surface area contributed by atoms with E-state index in [0.717, 1.165) is 18.0 Å². The lowest BCUT2D eigenvalue weighted by atomic mass is 10.0. The van der Waals surface area contributed by atoms with Crippen LogP contribution >= 0.6 is 11.6 Å². The number of halogens is 1. The second-order valence-electron chi connectivity index (χ2n) is 4.06. The third-order valence-electron chi connectivity index (χ3n) is 2.98. The molecule has 0 bridgehead atoms. The minimum atomic E-state index is 0.783. The average molecular weight is 230 g/mol. The van der Waals surface area contributed by atoms with Gasteiger partial charge in [-0.2, -0.15) is 0 Å². The van der Waals surface area contributed by atoms with E-state index in [1.54, 1.807) is 0 Å². The SMILES string of the molecule is Clc1cccc(-c2ccc3c(c2)NCC3)c1. The van der Waals surface area contributed by atoms with Crippen LogP contribution in [0.25, 0.3) is 11.1 Å². The maximum Gasteiger partial charge on any atom is 0.0412 e. The van der Waals surface area contributed by atoms with Crippen molar-refractivity contribution in [1.82, 2.24) is 0 Å². The Labute approximate surface area is 100 Å². The molecule has 80 valence electrons. The Bertz CT molecular complexity index is 534. The van der Waals surface area contributed by atoms with Crippen molar-refractivity contribution in [1.29, 1.82) is 0 Å². The molecule has 2 aromatic carbocycles. The minimum absolute atomic E-state index is 0.783. The van der Waals surface area contributed by atoms with Gasteiger partial charge in [0.2, 0.25) is 0 Å². The average Bonchev–Trinajstić information content (AvgIpc) is 2.75. The molecule has 0 amide bonds. The van der Waals surface area contributed by atoms with Crippen LogP contribution in [0.4, 0.5) is 5.69 Å². The van der Waals surface area contributed by atoms with E-state index in [9.17, 15) is 0 Å². The lowest BCUT2D eigenvalue weighted by Gasteiger charge is -2.05. The van der Waals surface area contributed by atoms with E-state index < -0.39 is 0 Å². The summed E-state index contributed by atoms with van der Waals surface area (Å²) in [6.45, 7) is 1.05. The fourth-order valence-corrected chi connectivity index (χ4v) is 2.33. The Kier molecular flexibility index (Phi) is 2.33. The maximum atomic E-state index is 6.00. The molecule has 2 aromatic rings. The lowest BCUT2D eigenvalue weighted by molar-refractivity contribution is 1.11. The zero-order valence-corrected chi connectivity index (χ0v) is 9.59. The van der Waals surface area contributed by atoms with Gasteiger partial charge in [0.05, 0.1) is 0 Å². The highest BCUT2D eigenvalue weighted by atomic mass is 35.5. The third-order valence-corrected chi connectivity index (χ3v) is 3.21. The molecule has 0 fully saturated rings. The van der Waals surface area contributed by atoms with E-state index in [0.29, 0.717) is 0 Å². The fourth-order valence-electron chi connectivity index (χ4n) is 2.14. The first-order valence-corrected chi connectivity index (χ1v) is 5.83. The van der Waals surface area contributed by atoms with E-state index in [-0.39, 0.29) is 0 Å². The van der Waals surface area contributed by atoms with Gasteiger partial charge >= 0.3 is 0 Å². The molecule has 1 aliphatic rings. The van der Waals surface area contributed by atoms with Gasteiger partial charge in [-0.1, -0.05) is 35.9 Å². The van der Waals surface area contributed by atoms with Gasteiger partial charge in [-0.15, -0.1) is 0 Å². The number of nitrogens with one attached hydrogen (secondary N) is 1. The van der Waals surface area contributed by atoms with E-state index in [1.165, 1.54) is 22.4 Å². The number of benzene rings is 2. The molecule has 1 heterocycles. The van der Waals surface area contributed by atoms with Gasteiger partial charge in [0.15, 0.2) is 0 Å². The number of hydrogen-bond donors (Lipinski definition) is 1. The van der Waals surface area contributed by atoms with Crippen molar-refractivity contribution in [2.75, 3.05) is 11.9 Å². The van der Waals surface area contributed by atoms with E-state index in [2.05, 4.69) is 29.6 Å². The highest BCUT2D eigenvalue weighted by Gasteiger charge is 2.10. The molecule has 1 nitrogen and oxygen atoms in total. The standard InChI is InChI=1S/C14H12ClN/c15-13-3-1-2-11(8-13)12-5-4-10-6-7-16-14(10)9-12/h1-5,8-9,16H,6-7H2. The summed E-state index contributed by atoms with van der Waals surface area (Å²) in [5.41, 5.74) is 5.06. The summed E-state index contributed by atoms with van der Waals surface area (Å²) < 4.78 is 0. The molecule has 0 aromatic heterocycles. The molecule has 16 heavy (non-hydrogen) atoms. The second-order valence-corrected chi connectivity index (χ2v) is 4.50. The second kappa shape index (κ2) is 3.84. The van der Waals surface area contributed by atoms with Crippen LogP contribution in [0.1, 0.15) is 5.56 Å². The Morgan fingerprint density at radius 2 is 1.88 bits per heavy atom. The fraction of sp³-hybridized carbons (Fsp3) is 0.143. The summed E-state index contributed by atoms with van der Waals surface area (Å²) in [6, 6.07) is 14.5. The first-order chi connectivity index (χ1) is 7.83. The van der Waals surface area contributed by atoms with Crippen LogP contribution in [0.2, 0.25) is 5.02 Å². The highest BCUT2D eigenvalue weighted by molar-refractivity contribution is 6.30. The molecule has 0 saturated heterocycles. The predicted octanol–water partition coefficient (Wildman–Crippen LogP) is 3.98. The maximum absolute atomic E-state index is 6.00. The number of anilines is 1. The Balaban J connectivity index is 2.07. The van der Waals surface area contributed by atoms with Crippen molar-refractivity contribution < 1.29 is 0 Å². The van der Waals surface area contributed by atoms with Gasteiger partial charge in [-0.3, -0.25) is 0 Å². The van der Waals surface area contributed by atoms with Gasteiger partial charge in [-0.05, 0) is 41.3 Å². The van der Waals surface area contributed by atoms with Crippen LogP contribution in [0.15, 0.2) is 42.5 Å². The molecule has 1 aliphatic heterocycles. The molecule has 0 unspecified atom stereocenters. The predicted molar refractivity (Wildman–Crippen MR) is 69.1 cm³/mol. The van der Waals surface area contributed by atoms with Crippen LogP contribution in [0, 0.1) is 0 Å². The number of rotatable bonds is 1. The molecule has 1 N–H and O–H groups in total. The Hall–Kier alpha value is -1.47. The summed E-state index contributed by atoms with van der Waals surface area (Å²) >= 11 is 6.00. The quantitative estimate of drug-likeness (QED) is 0.780. The Morgan fingerprint density at radius 3 is 2.75 bits per heavy atom. The van der Waals surface area contributed by atoms with Gasteiger partial charge < -0.3 is 5.32 Å². The van der Waals surface area contributed by atoms with Gasteiger partial charge in [0, 0.05) is 17.3 Å². The summed E-state index contributed by atoms with van der Waals surface area (Å²) in [5, 5.41) is 4.18. The minimum Gasteiger partial charge on any atom is -0.384 e. The molecule has 2 heteroatoms. The zero-order valence-electron chi connectivity index (χ0n) is 8.83. The third kappa shape index (κ3) is 1.68. The van der Waals surface area contributed by atoms with Crippen molar-refractivity contribution in [3.8, 4) is 11.1 Å². The first kappa shape index (κ1) is 9.73. The number of fused-ring (bicyclic) bond motifs is 1. The summed E-state index contributed by atoms with van der Waals surface area (Å²) in [4.78, 5) is 0. The van der Waals surface area contributed by atoms with Crippen LogP contribution in [-0.4, -0.2) is 6.54 Å². The monoisotopic (exact) mass is 229 g/mol. The molecule has 0 radical (unpaired) electrons. The van der Waals surface area contributed by atoms with Crippen LogP contribution in [-0.2, 0) is 6.42 Å². The molecule has 0 atom stereocenters. The molecule has 3 rings (SSSR count). The largest absolute Gasteiger partial charge is 0.384 e. The summed E-state index contributed by atoms with van der Waals surface area (Å²) in [6.07, 6.45) is 1.13. The van der Waals surface area contributed by atoms with Gasteiger partial charge in [0.25, 0.3) is 0 Å². The normalized spacial score (nSPS) is 13.3. The van der Waals surface area contributed by atoms with Crippen LogP contribution in [0.3, 0.4) is 0 Å².